The van der Waals surface area contributed by atoms with Crippen molar-refractivity contribution < 1.29 is 19.4 Å². The van der Waals surface area contributed by atoms with Gasteiger partial charge in [0.2, 0.25) is 0 Å². The predicted molar refractivity (Wildman–Crippen MR) is 94.9 cm³/mol. The molecule has 24 heavy (non-hydrogen) atoms. The molecule has 0 amide bonds. The number of carbonyl (C=O) groups excluding carboxylic acids is 1. The van der Waals surface area contributed by atoms with E-state index in [1.807, 2.05) is 13.0 Å². The zero-order valence-electron chi connectivity index (χ0n) is 15.3. The number of ether oxygens (including phenoxy) is 2. The van der Waals surface area contributed by atoms with Crippen LogP contribution < -0.4 is 0 Å². The van der Waals surface area contributed by atoms with Crippen LogP contribution >= 0.6 is 0 Å². The molecular formula is C20H34O4. The Morgan fingerprint density at radius 3 is 2.29 bits per heavy atom. The van der Waals surface area contributed by atoms with Gasteiger partial charge in [0.05, 0.1) is 24.9 Å². The van der Waals surface area contributed by atoms with Crippen molar-refractivity contribution in [3.05, 3.63) is 12.2 Å². The third-order valence-corrected chi connectivity index (χ3v) is 5.66. The molecule has 2 aliphatic carbocycles. The predicted octanol–water partition coefficient (Wildman–Crippen LogP) is 3.66. The maximum absolute atomic E-state index is 12.4. The molecule has 2 saturated carbocycles. The van der Waals surface area contributed by atoms with Crippen molar-refractivity contribution in [2.75, 3.05) is 13.7 Å². The van der Waals surface area contributed by atoms with Crippen LogP contribution in [0.2, 0.25) is 0 Å². The summed E-state index contributed by atoms with van der Waals surface area (Å²) in [6.07, 6.45) is 13.1. The highest BCUT2D eigenvalue weighted by molar-refractivity contribution is 5.91. The topological polar surface area (TPSA) is 55.8 Å². The second-order valence-electron chi connectivity index (χ2n) is 7.40. The van der Waals surface area contributed by atoms with E-state index in [0.29, 0.717) is 18.6 Å². The summed E-state index contributed by atoms with van der Waals surface area (Å²) in [5.41, 5.74) is 0. The number of ketones is 1. The standard InChI is InChI=1S/C20H34O4/c1-3-17(21)14-24-19-11-7-16(8-12-19)20(22)13-6-15-4-9-18(23-2)10-5-15/h6,13,15-19,21H,3-5,7-12,14H2,1-2H3. The van der Waals surface area contributed by atoms with Crippen molar-refractivity contribution in [1.82, 2.24) is 0 Å². The fourth-order valence-electron chi connectivity index (χ4n) is 3.76. The van der Waals surface area contributed by atoms with Gasteiger partial charge in [-0.3, -0.25) is 4.79 Å². The minimum Gasteiger partial charge on any atom is -0.391 e. The quantitative estimate of drug-likeness (QED) is 0.686. The van der Waals surface area contributed by atoms with Crippen LogP contribution in [-0.4, -0.2) is 42.9 Å². The van der Waals surface area contributed by atoms with E-state index in [0.717, 1.165) is 57.8 Å². The normalized spacial score (nSPS) is 32.8. The first kappa shape index (κ1) is 19.6. The summed E-state index contributed by atoms with van der Waals surface area (Å²) in [6, 6.07) is 0. The maximum Gasteiger partial charge on any atom is 0.158 e. The molecule has 0 heterocycles. The van der Waals surface area contributed by atoms with Crippen LogP contribution in [0, 0.1) is 11.8 Å². The number of methoxy groups -OCH3 is 1. The summed E-state index contributed by atoms with van der Waals surface area (Å²) >= 11 is 0. The first-order valence-electron chi connectivity index (χ1n) is 9.66. The smallest absolute Gasteiger partial charge is 0.158 e. The Morgan fingerprint density at radius 1 is 1.08 bits per heavy atom. The van der Waals surface area contributed by atoms with Crippen LogP contribution in [0.1, 0.15) is 64.7 Å². The summed E-state index contributed by atoms with van der Waals surface area (Å²) in [7, 11) is 1.79. The molecule has 0 saturated heterocycles. The minimum atomic E-state index is -0.361. The van der Waals surface area contributed by atoms with Gasteiger partial charge in [-0.25, -0.2) is 0 Å². The molecule has 2 aliphatic rings. The first-order chi connectivity index (χ1) is 11.6. The van der Waals surface area contributed by atoms with Gasteiger partial charge >= 0.3 is 0 Å². The fourth-order valence-corrected chi connectivity index (χ4v) is 3.76. The van der Waals surface area contributed by atoms with Crippen molar-refractivity contribution in [2.24, 2.45) is 11.8 Å². The average molecular weight is 338 g/mol. The monoisotopic (exact) mass is 338 g/mol. The Labute approximate surface area is 146 Å². The Bertz CT molecular complexity index is 390. The van der Waals surface area contributed by atoms with Crippen molar-refractivity contribution in [3.63, 3.8) is 0 Å². The lowest BCUT2D eigenvalue weighted by Gasteiger charge is -2.28. The number of hydrogen-bond donors (Lipinski definition) is 1. The molecule has 0 bridgehead atoms. The Kier molecular flexibility index (Phi) is 8.43. The Balaban J connectivity index is 1.66. The van der Waals surface area contributed by atoms with Crippen molar-refractivity contribution in [1.29, 1.82) is 0 Å². The second-order valence-corrected chi connectivity index (χ2v) is 7.40. The number of allylic oxidation sites excluding steroid dienone is 2. The molecule has 0 aliphatic heterocycles. The van der Waals surface area contributed by atoms with Crippen LogP contribution in [0.25, 0.3) is 0 Å². The molecule has 4 heteroatoms. The summed E-state index contributed by atoms with van der Waals surface area (Å²) in [5.74, 6) is 0.985. The van der Waals surface area contributed by atoms with Crippen LogP contribution in [0.5, 0.6) is 0 Å². The number of hydrogen-bond acceptors (Lipinski definition) is 4. The van der Waals surface area contributed by atoms with Gasteiger partial charge in [-0.05, 0) is 69.8 Å². The third-order valence-electron chi connectivity index (χ3n) is 5.66. The van der Waals surface area contributed by atoms with Crippen molar-refractivity contribution >= 4 is 5.78 Å². The molecule has 0 radical (unpaired) electrons. The van der Waals surface area contributed by atoms with Gasteiger partial charge in [-0.15, -0.1) is 0 Å². The van der Waals surface area contributed by atoms with Gasteiger partial charge in [0.15, 0.2) is 5.78 Å². The highest BCUT2D eigenvalue weighted by Crippen LogP contribution is 2.29. The van der Waals surface area contributed by atoms with E-state index in [-0.39, 0.29) is 23.9 Å². The van der Waals surface area contributed by atoms with Gasteiger partial charge in [-0.2, -0.15) is 0 Å². The van der Waals surface area contributed by atoms with E-state index in [1.54, 1.807) is 7.11 Å². The first-order valence-corrected chi connectivity index (χ1v) is 9.66. The van der Waals surface area contributed by atoms with Crippen LogP contribution in [0.4, 0.5) is 0 Å². The van der Waals surface area contributed by atoms with E-state index >= 15 is 0 Å². The van der Waals surface area contributed by atoms with Gasteiger partial charge in [0, 0.05) is 13.0 Å². The zero-order chi connectivity index (χ0) is 17.4. The van der Waals surface area contributed by atoms with Crippen molar-refractivity contribution in [2.45, 2.75) is 83.0 Å². The summed E-state index contributed by atoms with van der Waals surface area (Å²) < 4.78 is 11.1. The number of aliphatic hydroxyl groups is 1. The SMILES string of the molecule is CCC(O)COC1CCC(C(=O)C=CC2CCC(OC)CC2)CC1. The van der Waals surface area contributed by atoms with E-state index in [1.165, 1.54) is 0 Å². The van der Waals surface area contributed by atoms with E-state index < -0.39 is 0 Å². The molecule has 138 valence electrons. The molecule has 1 unspecified atom stereocenters. The largest absolute Gasteiger partial charge is 0.391 e. The molecule has 4 nitrogen and oxygen atoms in total. The molecule has 1 atom stereocenters. The van der Waals surface area contributed by atoms with Gasteiger partial charge in [0.25, 0.3) is 0 Å². The second kappa shape index (κ2) is 10.3. The van der Waals surface area contributed by atoms with Gasteiger partial charge in [-0.1, -0.05) is 13.0 Å². The molecule has 0 aromatic carbocycles. The molecule has 0 aromatic heterocycles. The highest BCUT2D eigenvalue weighted by atomic mass is 16.5. The van der Waals surface area contributed by atoms with Crippen LogP contribution in [0.3, 0.4) is 0 Å². The fraction of sp³-hybridized carbons (Fsp3) is 0.850. The summed E-state index contributed by atoms with van der Waals surface area (Å²) in [4.78, 5) is 12.4. The van der Waals surface area contributed by atoms with Crippen molar-refractivity contribution in [3.8, 4) is 0 Å². The lowest BCUT2D eigenvalue weighted by molar-refractivity contribution is -0.120. The lowest BCUT2D eigenvalue weighted by atomic mass is 9.83. The van der Waals surface area contributed by atoms with E-state index in [4.69, 9.17) is 9.47 Å². The molecular weight excluding hydrogens is 304 g/mol. The Morgan fingerprint density at radius 2 is 1.71 bits per heavy atom. The van der Waals surface area contributed by atoms with E-state index in [2.05, 4.69) is 6.08 Å². The summed E-state index contributed by atoms with van der Waals surface area (Å²) in [6.45, 7) is 2.38. The number of aliphatic hydroxyl groups excluding tert-OH is 1. The third kappa shape index (κ3) is 6.30. The lowest BCUT2D eigenvalue weighted by Crippen LogP contribution is -2.28. The van der Waals surface area contributed by atoms with Crippen LogP contribution in [0.15, 0.2) is 12.2 Å². The Hall–Kier alpha value is -0.710. The molecule has 0 aromatic rings. The number of carbonyl (C=O) groups is 1. The molecule has 2 fully saturated rings. The molecule has 1 N–H and O–H groups in total. The van der Waals surface area contributed by atoms with E-state index in [9.17, 15) is 9.90 Å². The zero-order valence-corrected chi connectivity index (χ0v) is 15.3. The maximum atomic E-state index is 12.4. The average Bonchev–Trinajstić information content (AvgIpc) is 2.64. The highest BCUT2D eigenvalue weighted by Gasteiger charge is 2.26. The molecule has 0 spiro atoms. The van der Waals surface area contributed by atoms with Crippen LogP contribution in [-0.2, 0) is 14.3 Å². The molecule has 2 rings (SSSR count). The number of rotatable bonds is 8. The minimum absolute atomic E-state index is 0.160. The van der Waals surface area contributed by atoms with Gasteiger partial charge < -0.3 is 14.6 Å². The summed E-state index contributed by atoms with van der Waals surface area (Å²) in [5, 5.41) is 9.56. The van der Waals surface area contributed by atoms with Gasteiger partial charge in [0.1, 0.15) is 0 Å².